The topological polar surface area (TPSA) is 121 Å². The van der Waals surface area contributed by atoms with Gasteiger partial charge in [0.15, 0.2) is 10.8 Å². The zero-order valence-corrected chi connectivity index (χ0v) is 21.3. The summed E-state index contributed by atoms with van der Waals surface area (Å²) in [6, 6.07) is 7.75. The summed E-state index contributed by atoms with van der Waals surface area (Å²) in [7, 11) is 0. The molecule has 1 aliphatic heterocycles. The van der Waals surface area contributed by atoms with Gasteiger partial charge in [0.2, 0.25) is 0 Å². The summed E-state index contributed by atoms with van der Waals surface area (Å²) in [4.78, 5) is 46.4. The summed E-state index contributed by atoms with van der Waals surface area (Å²) in [5.74, 6) is -3.19. The van der Waals surface area contributed by atoms with Gasteiger partial charge in [0, 0.05) is 54.4 Å². The molecule has 0 spiro atoms. The summed E-state index contributed by atoms with van der Waals surface area (Å²) in [5.41, 5.74) is 1.47. The minimum Gasteiger partial charge on any atom is -0.478 e. The minimum atomic E-state index is -1.26. The van der Waals surface area contributed by atoms with E-state index in [1.807, 2.05) is 11.0 Å². The molecule has 2 N–H and O–H groups in total. The van der Waals surface area contributed by atoms with E-state index in [1.165, 1.54) is 24.3 Å². The van der Waals surface area contributed by atoms with Crippen LogP contribution in [0.2, 0.25) is 0 Å². The molecule has 188 valence electrons. The van der Waals surface area contributed by atoms with Gasteiger partial charge in [-0.2, -0.15) is 0 Å². The lowest BCUT2D eigenvalue weighted by Crippen LogP contribution is -2.38. The van der Waals surface area contributed by atoms with Crippen molar-refractivity contribution >= 4 is 51.0 Å². The van der Waals surface area contributed by atoms with Crippen molar-refractivity contribution < 1.29 is 38.5 Å². The van der Waals surface area contributed by atoms with Crippen LogP contribution >= 0.6 is 27.3 Å². The predicted octanol–water partition coefficient (Wildman–Crippen LogP) is 4.37. The van der Waals surface area contributed by atoms with Gasteiger partial charge in [-0.3, -0.25) is 14.5 Å². The van der Waals surface area contributed by atoms with Gasteiger partial charge in [-0.15, -0.1) is 11.3 Å². The van der Waals surface area contributed by atoms with E-state index in [4.69, 9.17) is 14.9 Å². The quantitative estimate of drug-likeness (QED) is 0.259. The number of ether oxygens (including phenoxy) is 1. The number of benzene rings is 1. The van der Waals surface area contributed by atoms with Crippen molar-refractivity contribution in [1.29, 1.82) is 0 Å². The average molecular weight is 570 g/mol. The first-order chi connectivity index (χ1) is 16.6. The molecule has 0 amide bonds. The largest absolute Gasteiger partial charge is 0.478 e. The van der Waals surface area contributed by atoms with Crippen molar-refractivity contribution in [2.45, 2.75) is 38.8 Å². The van der Waals surface area contributed by atoms with Gasteiger partial charge in [-0.25, -0.2) is 14.0 Å². The Balaban J connectivity index is 0.000000466. The molecule has 1 aromatic heterocycles. The van der Waals surface area contributed by atoms with Crippen molar-refractivity contribution in [3.8, 4) is 5.06 Å². The zero-order valence-electron chi connectivity index (χ0n) is 18.9. The Morgan fingerprint density at radius 1 is 1.20 bits per heavy atom. The van der Waals surface area contributed by atoms with Gasteiger partial charge in [-0.05, 0) is 30.5 Å². The van der Waals surface area contributed by atoms with Crippen molar-refractivity contribution in [3.05, 3.63) is 64.3 Å². The lowest BCUT2D eigenvalue weighted by atomic mass is 9.95. The van der Waals surface area contributed by atoms with E-state index in [1.54, 1.807) is 18.2 Å². The van der Waals surface area contributed by atoms with Crippen LogP contribution in [0.4, 0.5) is 4.39 Å². The Hall–Kier alpha value is -2.89. The van der Waals surface area contributed by atoms with Crippen LogP contribution in [-0.4, -0.2) is 50.7 Å². The standard InChI is InChI=1S/C20H21BrFNO3S.C4H4O4/c1-13(24)26-19-11-14-12-23(10-8-18(14)27-19)20(17(25)7-4-9-21)15-5-2-3-6-16(15)22;5-3(6)1-2-4(7)8/h2-3,5-6,11,20H,4,7-10,12H2,1H3;1-2H,(H,5,6)(H,7,8)/b;2-1-. The third-order valence-corrected chi connectivity index (χ3v) is 6.59. The highest BCUT2D eigenvalue weighted by molar-refractivity contribution is 9.09. The molecule has 1 aromatic carbocycles. The summed E-state index contributed by atoms with van der Waals surface area (Å²) in [5, 5.41) is 16.9. The molecule has 11 heteroatoms. The number of esters is 1. The maximum atomic E-state index is 14.5. The molecule has 2 heterocycles. The highest BCUT2D eigenvalue weighted by Crippen LogP contribution is 2.37. The van der Waals surface area contributed by atoms with Crippen LogP contribution in [0.3, 0.4) is 0 Å². The number of fused-ring (bicyclic) bond motifs is 1. The van der Waals surface area contributed by atoms with Crippen molar-refractivity contribution in [2.24, 2.45) is 0 Å². The van der Waals surface area contributed by atoms with Crippen molar-refractivity contribution in [2.75, 3.05) is 11.9 Å². The lowest BCUT2D eigenvalue weighted by Gasteiger charge is -2.34. The molecular weight excluding hydrogens is 545 g/mol. The van der Waals surface area contributed by atoms with Crippen LogP contribution in [-0.2, 0) is 32.1 Å². The number of rotatable bonds is 9. The van der Waals surface area contributed by atoms with Crippen LogP contribution in [0.25, 0.3) is 0 Å². The van der Waals surface area contributed by atoms with Crippen molar-refractivity contribution in [3.63, 3.8) is 0 Å². The monoisotopic (exact) mass is 569 g/mol. The molecule has 3 rings (SSSR count). The highest BCUT2D eigenvalue weighted by atomic mass is 79.9. The molecular formula is C24H25BrFNO7S. The molecule has 0 aliphatic carbocycles. The Labute approximate surface area is 214 Å². The van der Waals surface area contributed by atoms with E-state index in [0.29, 0.717) is 42.3 Å². The fourth-order valence-corrected chi connectivity index (χ4v) is 4.86. The number of Topliss-reactive ketones (excluding diaryl/α,β-unsaturated/α-hetero) is 1. The number of thiophene rings is 1. The SMILES string of the molecule is CC(=O)Oc1cc2c(s1)CCN(C(C(=O)CCCBr)c1ccccc1F)C2.O=C(O)/C=C\C(=O)O. The number of carbonyl (C=O) groups is 4. The van der Waals surface area contributed by atoms with Crippen LogP contribution in [0.1, 0.15) is 41.8 Å². The van der Waals surface area contributed by atoms with Gasteiger partial charge in [0.25, 0.3) is 0 Å². The second-order valence-electron chi connectivity index (χ2n) is 7.52. The second-order valence-corrected chi connectivity index (χ2v) is 9.41. The van der Waals surface area contributed by atoms with Crippen LogP contribution in [0, 0.1) is 5.82 Å². The van der Waals surface area contributed by atoms with E-state index < -0.39 is 18.0 Å². The molecule has 0 radical (unpaired) electrons. The molecule has 1 aliphatic rings. The number of hydrogen-bond acceptors (Lipinski definition) is 7. The molecule has 0 saturated carbocycles. The number of nitrogens with zero attached hydrogens (tertiary/aromatic N) is 1. The van der Waals surface area contributed by atoms with E-state index in [2.05, 4.69) is 15.9 Å². The molecule has 1 atom stereocenters. The molecule has 8 nitrogen and oxygen atoms in total. The Bertz CT molecular complexity index is 1090. The number of alkyl halides is 1. The Morgan fingerprint density at radius 3 is 2.43 bits per heavy atom. The number of carboxylic acids is 2. The first kappa shape index (κ1) is 28.3. The fourth-order valence-electron chi connectivity index (χ4n) is 3.53. The van der Waals surface area contributed by atoms with Gasteiger partial charge in [-0.1, -0.05) is 34.1 Å². The van der Waals surface area contributed by atoms with Gasteiger partial charge >= 0.3 is 17.9 Å². The molecule has 0 saturated heterocycles. The van der Waals surface area contributed by atoms with Crippen LogP contribution in [0.15, 0.2) is 42.5 Å². The van der Waals surface area contributed by atoms with E-state index in [0.717, 1.165) is 28.6 Å². The first-order valence-corrected chi connectivity index (χ1v) is 12.6. The molecule has 0 fully saturated rings. The predicted molar refractivity (Wildman–Crippen MR) is 131 cm³/mol. The van der Waals surface area contributed by atoms with Crippen LogP contribution < -0.4 is 4.74 Å². The van der Waals surface area contributed by atoms with E-state index >= 15 is 0 Å². The number of hydrogen-bond donors (Lipinski definition) is 2. The van der Waals surface area contributed by atoms with E-state index in [9.17, 15) is 23.6 Å². The first-order valence-electron chi connectivity index (χ1n) is 10.6. The van der Waals surface area contributed by atoms with Gasteiger partial charge < -0.3 is 14.9 Å². The maximum absolute atomic E-state index is 14.5. The average Bonchev–Trinajstić information content (AvgIpc) is 3.19. The normalized spacial score (nSPS) is 13.9. The van der Waals surface area contributed by atoms with Gasteiger partial charge in [0.1, 0.15) is 5.82 Å². The smallest absolute Gasteiger partial charge is 0.328 e. The second kappa shape index (κ2) is 13.9. The maximum Gasteiger partial charge on any atom is 0.328 e. The minimum absolute atomic E-state index is 0.0263. The summed E-state index contributed by atoms with van der Waals surface area (Å²) < 4.78 is 19.7. The van der Waals surface area contributed by atoms with Crippen LogP contribution in [0.5, 0.6) is 5.06 Å². The van der Waals surface area contributed by atoms with Gasteiger partial charge in [0.05, 0.1) is 6.04 Å². The Morgan fingerprint density at radius 2 is 1.86 bits per heavy atom. The van der Waals surface area contributed by atoms with E-state index in [-0.39, 0.29) is 17.6 Å². The molecule has 35 heavy (non-hydrogen) atoms. The number of aliphatic carboxylic acids is 2. The number of ketones is 1. The summed E-state index contributed by atoms with van der Waals surface area (Å²) >= 11 is 4.82. The van der Waals surface area contributed by atoms with Crippen molar-refractivity contribution in [1.82, 2.24) is 4.90 Å². The molecule has 0 bridgehead atoms. The lowest BCUT2D eigenvalue weighted by molar-refractivity contribution is -0.134. The molecule has 2 aromatic rings. The highest BCUT2D eigenvalue weighted by Gasteiger charge is 2.32. The summed E-state index contributed by atoms with van der Waals surface area (Å²) in [6.07, 6.45) is 2.98. The Kier molecular flexibility index (Phi) is 11.2. The summed E-state index contributed by atoms with van der Waals surface area (Å²) in [6.45, 7) is 2.57. The third-order valence-electron chi connectivity index (χ3n) is 4.91. The zero-order chi connectivity index (χ0) is 26.0. The molecule has 1 unspecified atom stereocenters. The third kappa shape index (κ3) is 9.00. The number of carbonyl (C=O) groups excluding carboxylic acids is 2. The number of carboxylic acid groups (broad SMARTS) is 2. The fraction of sp³-hybridized carbons (Fsp3) is 0.333. The number of halogens is 2.